The highest BCUT2D eigenvalue weighted by Gasteiger charge is 2.23. The Hall–Kier alpha value is -3.10. The molecule has 0 aliphatic carbocycles. The number of anilines is 2. The fourth-order valence-corrected chi connectivity index (χ4v) is 2.91. The molecule has 27 heavy (non-hydrogen) atoms. The molecule has 1 aliphatic rings. The van der Waals surface area contributed by atoms with Crippen molar-refractivity contribution in [3.63, 3.8) is 0 Å². The van der Waals surface area contributed by atoms with E-state index in [9.17, 15) is 9.59 Å². The average Bonchev–Trinajstić information content (AvgIpc) is 3.07. The molecule has 0 unspecified atom stereocenters. The topological polar surface area (TPSA) is 110 Å². The van der Waals surface area contributed by atoms with Gasteiger partial charge in [0.2, 0.25) is 0 Å². The summed E-state index contributed by atoms with van der Waals surface area (Å²) in [7, 11) is 0. The Morgan fingerprint density at radius 3 is 2.78 bits per heavy atom. The number of amides is 2. The van der Waals surface area contributed by atoms with E-state index in [0.717, 1.165) is 18.5 Å². The van der Waals surface area contributed by atoms with Crippen molar-refractivity contribution < 1.29 is 18.8 Å². The molecule has 1 aliphatic heterocycles. The van der Waals surface area contributed by atoms with Crippen LogP contribution >= 0.6 is 0 Å². The maximum absolute atomic E-state index is 12.3. The summed E-state index contributed by atoms with van der Waals surface area (Å²) in [5.41, 5.74) is 1.09. The van der Waals surface area contributed by atoms with E-state index in [2.05, 4.69) is 20.8 Å². The van der Waals surface area contributed by atoms with E-state index < -0.39 is 0 Å². The SMILES string of the molecule is CCOC(=O)N1CCC(Nc2ccnc(C(=O)Nc3cc(C)on3)c2)CC1. The maximum atomic E-state index is 12.3. The average molecular weight is 373 g/mol. The molecule has 0 aromatic carbocycles. The number of carbonyl (C=O) groups is 2. The quantitative estimate of drug-likeness (QED) is 0.829. The fraction of sp³-hybridized carbons (Fsp3) is 0.444. The summed E-state index contributed by atoms with van der Waals surface area (Å²) >= 11 is 0. The lowest BCUT2D eigenvalue weighted by atomic mass is 10.1. The Labute approximate surface area is 157 Å². The van der Waals surface area contributed by atoms with E-state index in [1.165, 1.54) is 0 Å². The molecule has 9 heteroatoms. The van der Waals surface area contributed by atoms with Gasteiger partial charge in [0.25, 0.3) is 5.91 Å². The number of piperidine rings is 1. The summed E-state index contributed by atoms with van der Waals surface area (Å²) in [5, 5.41) is 9.79. The molecule has 3 rings (SSSR count). The van der Waals surface area contributed by atoms with Crippen molar-refractivity contribution in [3.05, 3.63) is 35.9 Å². The van der Waals surface area contributed by atoms with Crippen LogP contribution in [0, 0.1) is 6.92 Å². The first-order valence-corrected chi connectivity index (χ1v) is 8.94. The summed E-state index contributed by atoms with van der Waals surface area (Å²) < 4.78 is 9.96. The van der Waals surface area contributed by atoms with Gasteiger partial charge in [0, 0.05) is 37.1 Å². The fourth-order valence-electron chi connectivity index (χ4n) is 2.91. The number of aromatic nitrogens is 2. The highest BCUT2D eigenvalue weighted by Crippen LogP contribution is 2.18. The van der Waals surface area contributed by atoms with Gasteiger partial charge in [-0.05, 0) is 38.8 Å². The highest BCUT2D eigenvalue weighted by molar-refractivity contribution is 6.02. The minimum atomic E-state index is -0.357. The van der Waals surface area contributed by atoms with E-state index in [4.69, 9.17) is 9.26 Å². The molecule has 1 fully saturated rings. The summed E-state index contributed by atoms with van der Waals surface area (Å²) in [6, 6.07) is 5.36. The number of nitrogens with one attached hydrogen (secondary N) is 2. The first-order valence-electron chi connectivity index (χ1n) is 8.94. The first kappa shape index (κ1) is 18.7. The Kier molecular flexibility index (Phi) is 5.90. The Morgan fingerprint density at radius 1 is 1.33 bits per heavy atom. The van der Waals surface area contributed by atoms with Crippen LogP contribution in [0.1, 0.15) is 36.0 Å². The Morgan fingerprint density at radius 2 is 2.11 bits per heavy atom. The van der Waals surface area contributed by atoms with E-state index >= 15 is 0 Å². The second kappa shape index (κ2) is 8.52. The first-order chi connectivity index (χ1) is 13.0. The maximum Gasteiger partial charge on any atom is 0.409 e. The van der Waals surface area contributed by atoms with Gasteiger partial charge in [0.1, 0.15) is 11.5 Å². The van der Waals surface area contributed by atoms with Crippen molar-refractivity contribution in [1.29, 1.82) is 0 Å². The lowest BCUT2D eigenvalue weighted by molar-refractivity contribution is 0.0981. The predicted molar refractivity (Wildman–Crippen MR) is 98.7 cm³/mol. The summed E-state index contributed by atoms with van der Waals surface area (Å²) in [6.07, 6.45) is 2.93. The molecule has 2 aromatic heterocycles. The van der Waals surface area contributed by atoms with Crippen LogP contribution in [0.3, 0.4) is 0 Å². The molecule has 1 saturated heterocycles. The minimum Gasteiger partial charge on any atom is -0.450 e. The standard InChI is InChI=1S/C18H23N5O4/c1-3-26-18(25)23-8-5-13(6-9-23)20-14-4-7-19-15(11-14)17(24)21-16-10-12(2)27-22-16/h4,7,10-11,13H,3,5-6,8-9H2,1-2H3,(H,19,20)(H,21,22,24). The number of ether oxygens (including phenoxy) is 1. The third-order valence-electron chi connectivity index (χ3n) is 4.25. The second-order valence-electron chi connectivity index (χ2n) is 6.31. The molecule has 3 heterocycles. The van der Waals surface area contributed by atoms with Crippen LogP contribution in [0.15, 0.2) is 28.9 Å². The largest absolute Gasteiger partial charge is 0.450 e. The summed E-state index contributed by atoms with van der Waals surface area (Å²) in [4.78, 5) is 29.9. The van der Waals surface area contributed by atoms with E-state index in [1.807, 2.05) is 6.07 Å². The van der Waals surface area contributed by atoms with Crippen molar-refractivity contribution in [1.82, 2.24) is 15.0 Å². The van der Waals surface area contributed by atoms with Gasteiger partial charge in [-0.15, -0.1) is 0 Å². The van der Waals surface area contributed by atoms with Crippen molar-refractivity contribution in [2.45, 2.75) is 32.7 Å². The van der Waals surface area contributed by atoms with Gasteiger partial charge < -0.3 is 24.8 Å². The molecule has 0 radical (unpaired) electrons. The molecule has 0 atom stereocenters. The minimum absolute atomic E-state index is 0.215. The third kappa shape index (κ3) is 4.96. The molecule has 0 bridgehead atoms. The number of rotatable bonds is 5. The van der Waals surface area contributed by atoms with Crippen LogP contribution in [-0.4, -0.2) is 52.8 Å². The van der Waals surface area contributed by atoms with Crippen LogP contribution < -0.4 is 10.6 Å². The van der Waals surface area contributed by atoms with Gasteiger partial charge in [0.15, 0.2) is 5.82 Å². The van der Waals surface area contributed by atoms with E-state index in [0.29, 0.717) is 31.3 Å². The molecule has 0 saturated carbocycles. The number of carbonyl (C=O) groups excluding carboxylic acids is 2. The van der Waals surface area contributed by atoms with Gasteiger partial charge >= 0.3 is 6.09 Å². The van der Waals surface area contributed by atoms with Gasteiger partial charge in [-0.2, -0.15) is 0 Å². The zero-order valence-electron chi connectivity index (χ0n) is 15.4. The number of likely N-dealkylation sites (tertiary alicyclic amines) is 1. The highest BCUT2D eigenvalue weighted by atomic mass is 16.6. The van der Waals surface area contributed by atoms with Crippen molar-refractivity contribution in [2.24, 2.45) is 0 Å². The van der Waals surface area contributed by atoms with E-state index in [-0.39, 0.29) is 23.7 Å². The van der Waals surface area contributed by atoms with Crippen LogP contribution in [0.5, 0.6) is 0 Å². The lowest BCUT2D eigenvalue weighted by Gasteiger charge is -2.32. The predicted octanol–water partition coefficient (Wildman–Crippen LogP) is 2.66. The molecule has 9 nitrogen and oxygen atoms in total. The smallest absolute Gasteiger partial charge is 0.409 e. The number of pyridine rings is 1. The van der Waals surface area contributed by atoms with Crippen LogP contribution in [0.2, 0.25) is 0 Å². The summed E-state index contributed by atoms with van der Waals surface area (Å²) in [6.45, 7) is 5.21. The zero-order valence-corrected chi connectivity index (χ0v) is 15.4. The number of aryl methyl sites for hydroxylation is 1. The van der Waals surface area contributed by atoms with Crippen LogP contribution in [0.4, 0.5) is 16.3 Å². The zero-order chi connectivity index (χ0) is 19.2. The number of nitrogens with zero attached hydrogens (tertiary/aromatic N) is 3. The number of hydrogen-bond donors (Lipinski definition) is 2. The normalized spacial score (nSPS) is 14.7. The van der Waals surface area contributed by atoms with Gasteiger partial charge in [-0.3, -0.25) is 9.78 Å². The molecule has 0 spiro atoms. The van der Waals surface area contributed by atoms with Crippen molar-refractivity contribution in [3.8, 4) is 0 Å². The van der Waals surface area contributed by atoms with E-state index in [1.54, 1.807) is 37.1 Å². The van der Waals surface area contributed by atoms with Crippen LogP contribution in [0.25, 0.3) is 0 Å². The molecule has 2 aromatic rings. The van der Waals surface area contributed by atoms with Gasteiger partial charge in [-0.25, -0.2) is 4.79 Å². The van der Waals surface area contributed by atoms with Gasteiger partial charge in [0.05, 0.1) is 6.61 Å². The molecular weight excluding hydrogens is 350 g/mol. The Bertz CT molecular complexity index is 799. The Balaban J connectivity index is 1.55. The second-order valence-corrected chi connectivity index (χ2v) is 6.31. The monoisotopic (exact) mass is 373 g/mol. The number of hydrogen-bond acceptors (Lipinski definition) is 7. The van der Waals surface area contributed by atoms with Crippen molar-refractivity contribution in [2.75, 3.05) is 30.3 Å². The van der Waals surface area contributed by atoms with Crippen molar-refractivity contribution >= 4 is 23.5 Å². The summed E-state index contributed by atoms with van der Waals surface area (Å²) in [5.74, 6) is 0.607. The van der Waals surface area contributed by atoms with Gasteiger partial charge in [-0.1, -0.05) is 5.16 Å². The molecule has 144 valence electrons. The molecule has 2 amide bonds. The molecular formula is C18H23N5O4. The molecule has 2 N–H and O–H groups in total. The van der Waals surface area contributed by atoms with Crippen LogP contribution in [-0.2, 0) is 4.74 Å². The third-order valence-corrected chi connectivity index (χ3v) is 4.25. The lowest BCUT2D eigenvalue weighted by Crippen LogP contribution is -2.42.